The van der Waals surface area contributed by atoms with E-state index in [0.29, 0.717) is 0 Å². The van der Waals surface area contributed by atoms with Crippen LogP contribution in [-0.4, -0.2) is 5.11 Å². The maximum absolute atomic E-state index is 13.3. The lowest BCUT2D eigenvalue weighted by atomic mass is 10.1. The fourth-order valence-corrected chi connectivity index (χ4v) is 1.79. The normalized spacial score (nSPS) is 10.9. The van der Waals surface area contributed by atoms with Gasteiger partial charge in [0.1, 0.15) is 5.75 Å². The van der Waals surface area contributed by atoms with Crippen LogP contribution in [0.4, 0.5) is 13.2 Å². The average molecular weight is 277 g/mol. The van der Waals surface area contributed by atoms with E-state index in [1.54, 1.807) is 0 Å². The van der Waals surface area contributed by atoms with Gasteiger partial charge < -0.3 is 5.11 Å². The number of benzene rings is 2. The average Bonchev–Trinajstić information content (AvgIpc) is 2.21. The number of hydrogen-bond acceptors (Lipinski definition) is 1. The molecule has 1 N–H and O–H groups in total. The molecule has 0 radical (unpaired) electrons. The molecule has 0 saturated carbocycles. The Kier molecular flexibility index (Phi) is 2.34. The van der Waals surface area contributed by atoms with Crippen molar-refractivity contribution >= 4 is 26.7 Å². The molecule has 15 heavy (non-hydrogen) atoms. The van der Waals surface area contributed by atoms with Crippen molar-refractivity contribution in [1.29, 1.82) is 0 Å². The van der Waals surface area contributed by atoms with E-state index in [2.05, 4.69) is 15.9 Å². The predicted molar refractivity (Wildman–Crippen MR) is 53.2 cm³/mol. The van der Waals surface area contributed by atoms with Crippen molar-refractivity contribution in [3.05, 3.63) is 40.1 Å². The molecule has 5 heteroatoms. The zero-order valence-corrected chi connectivity index (χ0v) is 8.78. The van der Waals surface area contributed by atoms with Gasteiger partial charge in [0.2, 0.25) is 0 Å². The second-order valence-corrected chi connectivity index (χ2v) is 3.77. The summed E-state index contributed by atoms with van der Waals surface area (Å²) in [5, 5.41) is 9.29. The predicted octanol–water partition coefficient (Wildman–Crippen LogP) is 3.73. The van der Waals surface area contributed by atoms with Crippen LogP contribution in [-0.2, 0) is 0 Å². The Balaban J connectivity index is 2.98. The quantitative estimate of drug-likeness (QED) is 0.727. The van der Waals surface area contributed by atoms with E-state index in [9.17, 15) is 18.3 Å². The molecule has 0 unspecified atom stereocenters. The third-order valence-corrected chi connectivity index (χ3v) is 2.90. The topological polar surface area (TPSA) is 20.2 Å². The van der Waals surface area contributed by atoms with Crippen molar-refractivity contribution in [3.63, 3.8) is 0 Å². The number of aromatic hydroxyl groups is 1. The number of halogens is 4. The van der Waals surface area contributed by atoms with Gasteiger partial charge in [0.05, 0.1) is 4.47 Å². The van der Waals surface area contributed by atoms with Crippen LogP contribution in [0.15, 0.2) is 22.7 Å². The summed E-state index contributed by atoms with van der Waals surface area (Å²) in [6.45, 7) is 0. The van der Waals surface area contributed by atoms with Gasteiger partial charge in [-0.3, -0.25) is 0 Å². The molecular formula is C10H4BrF3O. The molecule has 0 aliphatic carbocycles. The molecular weight excluding hydrogens is 273 g/mol. The van der Waals surface area contributed by atoms with Crippen molar-refractivity contribution in [1.82, 2.24) is 0 Å². The first-order chi connectivity index (χ1) is 7.02. The molecule has 0 aromatic heterocycles. The molecule has 2 rings (SSSR count). The van der Waals surface area contributed by atoms with Gasteiger partial charge in [-0.1, -0.05) is 0 Å². The summed E-state index contributed by atoms with van der Waals surface area (Å²) in [5.41, 5.74) is 0. The Hall–Kier alpha value is -1.23. The van der Waals surface area contributed by atoms with Crippen LogP contribution in [0.5, 0.6) is 5.75 Å². The van der Waals surface area contributed by atoms with Gasteiger partial charge in [-0.2, -0.15) is 0 Å². The summed E-state index contributed by atoms with van der Waals surface area (Å²) in [4.78, 5) is 0. The van der Waals surface area contributed by atoms with Gasteiger partial charge in [-0.25, -0.2) is 13.2 Å². The Labute approximate surface area is 91.3 Å². The highest BCUT2D eigenvalue weighted by Gasteiger charge is 2.16. The second-order valence-electron chi connectivity index (χ2n) is 2.98. The lowest BCUT2D eigenvalue weighted by Crippen LogP contribution is -1.92. The van der Waals surface area contributed by atoms with Gasteiger partial charge >= 0.3 is 0 Å². The van der Waals surface area contributed by atoms with Crippen LogP contribution in [0.1, 0.15) is 0 Å². The van der Waals surface area contributed by atoms with Crippen molar-refractivity contribution in [2.24, 2.45) is 0 Å². The molecule has 2 aromatic carbocycles. The molecule has 0 amide bonds. The lowest BCUT2D eigenvalue weighted by molar-refractivity contribution is 0.452. The van der Waals surface area contributed by atoms with Crippen LogP contribution < -0.4 is 0 Å². The minimum absolute atomic E-state index is 0.0847. The van der Waals surface area contributed by atoms with Crippen LogP contribution in [0.2, 0.25) is 0 Å². The van der Waals surface area contributed by atoms with Gasteiger partial charge in [-0.15, -0.1) is 0 Å². The number of rotatable bonds is 0. The first-order valence-electron chi connectivity index (χ1n) is 3.97. The standard InChI is InChI=1S/C10H4BrF3O/c11-8-5-3-6(12)10(14)9(13)4(5)1-2-7(8)15/h1-3,15H. The van der Waals surface area contributed by atoms with Crippen molar-refractivity contribution < 1.29 is 18.3 Å². The third kappa shape index (κ3) is 1.47. The zero-order valence-electron chi connectivity index (χ0n) is 7.19. The summed E-state index contributed by atoms with van der Waals surface area (Å²) in [6, 6.07) is 3.22. The molecule has 0 bridgehead atoms. The minimum Gasteiger partial charge on any atom is -0.507 e. The Morgan fingerprint density at radius 2 is 1.67 bits per heavy atom. The molecule has 2 aromatic rings. The number of phenolic OH excluding ortho intramolecular Hbond substituents is 1. The fourth-order valence-electron chi connectivity index (χ4n) is 1.33. The number of fused-ring (bicyclic) bond motifs is 1. The molecule has 0 spiro atoms. The Morgan fingerprint density at radius 1 is 1.00 bits per heavy atom. The fraction of sp³-hybridized carbons (Fsp3) is 0. The van der Waals surface area contributed by atoms with Crippen LogP contribution in [0.25, 0.3) is 10.8 Å². The molecule has 1 nitrogen and oxygen atoms in total. The largest absolute Gasteiger partial charge is 0.507 e. The SMILES string of the molecule is Oc1ccc2c(F)c(F)c(F)cc2c1Br. The molecule has 0 aliphatic heterocycles. The molecule has 0 atom stereocenters. The zero-order chi connectivity index (χ0) is 11.2. The second kappa shape index (κ2) is 3.41. The van der Waals surface area contributed by atoms with E-state index in [-0.39, 0.29) is 21.0 Å². The lowest BCUT2D eigenvalue weighted by Gasteiger charge is -2.05. The van der Waals surface area contributed by atoms with E-state index >= 15 is 0 Å². The Bertz CT molecular complexity index is 554. The summed E-state index contributed by atoms with van der Waals surface area (Å²) in [7, 11) is 0. The smallest absolute Gasteiger partial charge is 0.195 e. The minimum atomic E-state index is -1.51. The van der Waals surface area contributed by atoms with Gasteiger partial charge in [0, 0.05) is 10.8 Å². The first-order valence-corrected chi connectivity index (χ1v) is 4.76. The molecule has 0 saturated heterocycles. The van der Waals surface area contributed by atoms with Gasteiger partial charge in [-0.05, 0) is 34.1 Å². The van der Waals surface area contributed by atoms with Crippen LogP contribution in [0.3, 0.4) is 0 Å². The van der Waals surface area contributed by atoms with E-state index in [0.717, 1.165) is 6.07 Å². The van der Waals surface area contributed by atoms with E-state index in [1.165, 1.54) is 12.1 Å². The molecule has 0 fully saturated rings. The summed E-state index contributed by atoms with van der Waals surface area (Å²) in [5.74, 6) is -4.22. The van der Waals surface area contributed by atoms with Crippen LogP contribution >= 0.6 is 15.9 Å². The molecule has 78 valence electrons. The Morgan fingerprint density at radius 3 is 2.33 bits per heavy atom. The van der Waals surface area contributed by atoms with Crippen molar-refractivity contribution in [2.75, 3.05) is 0 Å². The summed E-state index contributed by atoms with van der Waals surface area (Å²) in [6.07, 6.45) is 0. The highest BCUT2D eigenvalue weighted by atomic mass is 79.9. The molecule has 0 aliphatic rings. The first kappa shape index (κ1) is 10.3. The van der Waals surface area contributed by atoms with Crippen LogP contribution in [0, 0.1) is 17.5 Å². The highest BCUT2D eigenvalue weighted by molar-refractivity contribution is 9.10. The van der Waals surface area contributed by atoms with Crippen molar-refractivity contribution in [2.45, 2.75) is 0 Å². The summed E-state index contributed by atoms with van der Waals surface area (Å²) < 4.78 is 39.2. The molecule has 0 heterocycles. The maximum atomic E-state index is 13.3. The third-order valence-electron chi connectivity index (χ3n) is 2.07. The maximum Gasteiger partial charge on any atom is 0.195 e. The highest BCUT2D eigenvalue weighted by Crippen LogP contribution is 2.34. The summed E-state index contributed by atoms with van der Waals surface area (Å²) >= 11 is 2.97. The number of hydrogen-bond donors (Lipinski definition) is 1. The monoisotopic (exact) mass is 276 g/mol. The van der Waals surface area contributed by atoms with Gasteiger partial charge in [0.15, 0.2) is 17.5 Å². The van der Waals surface area contributed by atoms with E-state index in [1.807, 2.05) is 0 Å². The van der Waals surface area contributed by atoms with E-state index < -0.39 is 17.5 Å². The van der Waals surface area contributed by atoms with Gasteiger partial charge in [0.25, 0.3) is 0 Å². The number of phenols is 1. The van der Waals surface area contributed by atoms with Crippen molar-refractivity contribution in [3.8, 4) is 5.75 Å². The van der Waals surface area contributed by atoms with E-state index in [4.69, 9.17) is 0 Å².